The lowest BCUT2D eigenvalue weighted by Crippen LogP contribution is -2.57. The molecule has 0 bridgehead atoms. The number of nitrogens with one attached hydrogen (secondary N) is 1. The van der Waals surface area contributed by atoms with E-state index in [4.69, 9.17) is 0 Å². The van der Waals surface area contributed by atoms with E-state index in [1.807, 2.05) is 12.1 Å². The molecule has 0 aromatic carbocycles. The van der Waals surface area contributed by atoms with E-state index in [2.05, 4.69) is 31.1 Å². The summed E-state index contributed by atoms with van der Waals surface area (Å²) in [7, 11) is 0. The van der Waals surface area contributed by atoms with Gasteiger partial charge in [0.15, 0.2) is 0 Å². The number of aliphatic hydroxyl groups is 1. The summed E-state index contributed by atoms with van der Waals surface area (Å²) >= 11 is 0. The van der Waals surface area contributed by atoms with Crippen molar-refractivity contribution in [2.75, 3.05) is 6.61 Å². The SMILES string of the molecule is C[C@@H]1CC(C)(C)C[C@@](CO)(NC(=O)Cc2cccnc2)C1. The molecule has 116 valence electrons. The molecular formula is C17H26N2O2. The Morgan fingerprint density at radius 2 is 2.24 bits per heavy atom. The van der Waals surface area contributed by atoms with Gasteiger partial charge in [-0.3, -0.25) is 9.78 Å². The first-order valence-electron chi connectivity index (χ1n) is 7.65. The van der Waals surface area contributed by atoms with Crippen LogP contribution < -0.4 is 5.32 Å². The maximum atomic E-state index is 12.3. The minimum Gasteiger partial charge on any atom is -0.394 e. The summed E-state index contributed by atoms with van der Waals surface area (Å²) in [4.78, 5) is 16.3. The van der Waals surface area contributed by atoms with Gasteiger partial charge in [-0.1, -0.05) is 26.8 Å². The maximum absolute atomic E-state index is 12.3. The minimum atomic E-state index is -0.486. The van der Waals surface area contributed by atoms with Gasteiger partial charge in [-0.15, -0.1) is 0 Å². The van der Waals surface area contributed by atoms with E-state index >= 15 is 0 Å². The van der Waals surface area contributed by atoms with Gasteiger partial charge >= 0.3 is 0 Å². The Morgan fingerprint density at radius 3 is 2.81 bits per heavy atom. The Labute approximate surface area is 127 Å². The highest BCUT2D eigenvalue weighted by Gasteiger charge is 2.43. The number of carbonyl (C=O) groups excluding carboxylic acids is 1. The Morgan fingerprint density at radius 1 is 1.48 bits per heavy atom. The van der Waals surface area contributed by atoms with Crippen LogP contribution in [0.2, 0.25) is 0 Å². The third-order valence-electron chi connectivity index (χ3n) is 4.25. The number of pyridine rings is 1. The molecule has 21 heavy (non-hydrogen) atoms. The molecule has 2 atom stereocenters. The zero-order chi connectivity index (χ0) is 15.5. The van der Waals surface area contributed by atoms with Crippen LogP contribution in [0.1, 0.15) is 45.6 Å². The number of aromatic nitrogens is 1. The van der Waals surface area contributed by atoms with Crippen LogP contribution in [0.25, 0.3) is 0 Å². The summed E-state index contributed by atoms with van der Waals surface area (Å²) in [6.45, 7) is 6.61. The zero-order valence-corrected chi connectivity index (χ0v) is 13.2. The first-order valence-corrected chi connectivity index (χ1v) is 7.65. The van der Waals surface area contributed by atoms with E-state index in [1.165, 1.54) is 0 Å². The molecule has 4 nitrogen and oxygen atoms in total. The summed E-state index contributed by atoms with van der Waals surface area (Å²) in [5.74, 6) is 0.460. The molecule has 1 aliphatic carbocycles. The maximum Gasteiger partial charge on any atom is 0.224 e. The predicted octanol–water partition coefficient (Wildman–Crippen LogP) is 2.32. The number of hydrogen-bond acceptors (Lipinski definition) is 3. The predicted molar refractivity (Wildman–Crippen MR) is 82.7 cm³/mol. The highest BCUT2D eigenvalue weighted by atomic mass is 16.3. The lowest BCUT2D eigenvalue weighted by molar-refractivity contribution is -0.124. The summed E-state index contributed by atoms with van der Waals surface area (Å²) in [6, 6.07) is 3.72. The van der Waals surface area contributed by atoms with Gasteiger partial charge in [0, 0.05) is 12.4 Å². The van der Waals surface area contributed by atoms with Crippen molar-refractivity contribution in [2.45, 2.75) is 52.0 Å². The van der Waals surface area contributed by atoms with E-state index in [-0.39, 0.29) is 17.9 Å². The quantitative estimate of drug-likeness (QED) is 0.894. The van der Waals surface area contributed by atoms with Gasteiger partial charge in [0.2, 0.25) is 5.91 Å². The molecule has 1 aliphatic rings. The summed E-state index contributed by atoms with van der Waals surface area (Å²) in [5, 5.41) is 13.0. The fourth-order valence-corrected chi connectivity index (χ4v) is 4.03. The first kappa shape index (κ1) is 16.0. The van der Waals surface area contributed by atoms with Crippen molar-refractivity contribution < 1.29 is 9.90 Å². The number of aliphatic hydroxyl groups excluding tert-OH is 1. The van der Waals surface area contributed by atoms with Gasteiger partial charge in [-0.25, -0.2) is 0 Å². The molecule has 0 aliphatic heterocycles. The second-order valence-corrected chi connectivity index (χ2v) is 7.38. The standard InChI is InChI=1S/C17H26N2O2/c1-13-8-16(2,3)11-17(9-13,12-20)19-15(21)7-14-5-4-6-18-10-14/h4-6,10,13,20H,7-9,11-12H2,1-3H3,(H,19,21)/t13-,17+/m1/s1. The number of carbonyl (C=O) groups is 1. The topological polar surface area (TPSA) is 62.2 Å². The molecule has 1 aromatic heterocycles. The summed E-state index contributed by atoms with van der Waals surface area (Å²) < 4.78 is 0. The molecular weight excluding hydrogens is 264 g/mol. The number of nitrogens with zero attached hydrogens (tertiary/aromatic N) is 1. The first-order chi connectivity index (χ1) is 9.84. The Kier molecular flexibility index (Phi) is 4.67. The zero-order valence-electron chi connectivity index (χ0n) is 13.2. The molecule has 4 heteroatoms. The van der Waals surface area contributed by atoms with Crippen LogP contribution in [0.4, 0.5) is 0 Å². The average molecular weight is 290 g/mol. The van der Waals surface area contributed by atoms with E-state index in [0.29, 0.717) is 12.3 Å². The monoisotopic (exact) mass is 290 g/mol. The fraction of sp³-hybridized carbons (Fsp3) is 0.647. The van der Waals surface area contributed by atoms with Crippen LogP contribution in [-0.4, -0.2) is 28.1 Å². The molecule has 1 fully saturated rings. The lowest BCUT2D eigenvalue weighted by Gasteiger charge is -2.47. The van der Waals surface area contributed by atoms with Gasteiger partial charge in [0.05, 0.1) is 18.6 Å². The highest BCUT2D eigenvalue weighted by molar-refractivity contribution is 5.79. The van der Waals surface area contributed by atoms with Gasteiger partial charge in [-0.2, -0.15) is 0 Å². The molecule has 0 radical (unpaired) electrons. The third-order valence-corrected chi connectivity index (χ3v) is 4.25. The smallest absolute Gasteiger partial charge is 0.224 e. The molecule has 1 saturated carbocycles. The normalized spacial score (nSPS) is 28.1. The van der Waals surface area contributed by atoms with E-state index in [9.17, 15) is 9.90 Å². The lowest BCUT2D eigenvalue weighted by atomic mass is 9.64. The summed E-state index contributed by atoms with van der Waals surface area (Å²) in [6.07, 6.45) is 6.50. The molecule has 0 unspecified atom stereocenters. The van der Waals surface area contributed by atoms with Crippen LogP contribution in [0.5, 0.6) is 0 Å². The van der Waals surface area contributed by atoms with Crippen LogP contribution >= 0.6 is 0 Å². The fourth-order valence-electron chi connectivity index (χ4n) is 4.03. The van der Waals surface area contributed by atoms with Gasteiger partial charge in [0.25, 0.3) is 0 Å². The molecule has 0 spiro atoms. The van der Waals surface area contributed by atoms with E-state index < -0.39 is 5.54 Å². The van der Waals surface area contributed by atoms with Crippen LogP contribution in [0.15, 0.2) is 24.5 Å². The van der Waals surface area contributed by atoms with Crippen LogP contribution in [0, 0.1) is 11.3 Å². The van der Waals surface area contributed by atoms with Crippen molar-refractivity contribution in [3.8, 4) is 0 Å². The minimum absolute atomic E-state index is 0.000447. The second-order valence-electron chi connectivity index (χ2n) is 7.38. The number of amides is 1. The molecule has 2 rings (SSSR count). The van der Waals surface area contributed by atoms with Crippen LogP contribution in [0.3, 0.4) is 0 Å². The second kappa shape index (κ2) is 6.14. The van der Waals surface area contributed by atoms with Crippen molar-refractivity contribution in [3.63, 3.8) is 0 Å². The third kappa shape index (κ3) is 4.27. The van der Waals surface area contributed by atoms with Crippen molar-refractivity contribution in [3.05, 3.63) is 30.1 Å². The highest BCUT2D eigenvalue weighted by Crippen LogP contribution is 2.43. The molecule has 2 N–H and O–H groups in total. The number of hydrogen-bond donors (Lipinski definition) is 2. The van der Waals surface area contributed by atoms with Gasteiger partial charge in [-0.05, 0) is 42.2 Å². The Balaban J connectivity index is 2.06. The van der Waals surface area contributed by atoms with Gasteiger partial charge < -0.3 is 10.4 Å². The number of rotatable bonds is 4. The summed E-state index contributed by atoms with van der Waals surface area (Å²) in [5.41, 5.74) is 0.550. The van der Waals surface area contributed by atoms with Crippen LogP contribution in [-0.2, 0) is 11.2 Å². The van der Waals surface area contributed by atoms with Crippen molar-refractivity contribution in [1.29, 1.82) is 0 Å². The van der Waals surface area contributed by atoms with Gasteiger partial charge in [0.1, 0.15) is 0 Å². The largest absolute Gasteiger partial charge is 0.394 e. The Hall–Kier alpha value is -1.42. The van der Waals surface area contributed by atoms with E-state index in [0.717, 1.165) is 24.8 Å². The van der Waals surface area contributed by atoms with E-state index in [1.54, 1.807) is 12.4 Å². The average Bonchev–Trinajstić information content (AvgIpc) is 2.37. The molecule has 0 saturated heterocycles. The molecule has 1 heterocycles. The molecule has 1 aromatic rings. The van der Waals surface area contributed by atoms with Crippen molar-refractivity contribution in [2.24, 2.45) is 11.3 Å². The molecule has 1 amide bonds. The van der Waals surface area contributed by atoms with Crippen molar-refractivity contribution in [1.82, 2.24) is 10.3 Å². The Bertz CT molecular complexity index is 487. The van der Waals surface area contributed by atoms with Crippen molar-refractivity contribution >= 4 is 5.91 Å².